The van der Waals surface area contributed by atoms with E-state index >= 15 is 0 Å². The van der Waals surface area contributed by atoms with E-state index in [1.165, 1.54) is 6.92 Å². The number of carbonyl (C=O) groups is 2. The molecule has 0 radical (unpaired) electrons. The largest absolute Gasteiger partial charge is 0.462 e. The lowest BCUT2D eigenvalue weighted by molar-refractivity contribution is -0.157. The normalized spacial score (nSPS) is 56.3. The summed E-state index contributed by atoms with van der Waals surface area (Å²) in [4.78, 5) is 23.9. The molecule has 6 unspecified atom stereocenters. The summed E-state index contributed by atoms with van der Waals surface area (Å²) >= 11 is 0. The van der Waals surface area contributed by atoms with E-state index in [-0.39, 0.29) is 28.5 Å². The molecule has 0 amide bonds. The van der Waals surface area contributed by atoms with Crippen molar-refractivity contribution < 1.29 is 19.1 Å². The third-order valence-corrected chi connectivity index (χ3v) is 9.08. The number of epoxide rings is 1. The van der Waals surface area contributed by atoms with E-state index < -0.39 is 0 Å². The average molecular weight is 346 g/mol. The fourth-order valence-corrected chi connectivity index (χ4v) is 7.75. The zero-order valence-corrected chi connectivity index (χ0v) is 15.7. The van der Waals surface area contributed by atoms with Crippen molar-refractivity contribution in [2.45, 2.75) is 89.9 Å². The highest BCUT2D eigenvalue weighted by molar-refractivity contribution is 5.87. The highest BCUT2D eigenvalue weighted by atomic mass is 16.6. The van der Waals surface area contributed by atoms with E-state index in [0.29, 0.717) is 29.6 Å². The first-order chi connectivity index (χ1) is 11.8. The molecule has 1 heterocycles. The Morgan fingerprint density at radius 1 is 1.16 bits per heavy atom. The van der Waals surface area contributed by atoms with Gasteiger partial charge in [-0.3, -0.25) is 9.59 Å². The van der Waals surface area contributed by atoms with Gasteiger partial charge < -0.3 is 9.47 Å². The summed E-state index contributed by atoms with van der Waals surface area (Å²) < 4.78 is 12.0. The minimum Gasteiger partial charge on any atom is -0.462 e. The van der Waals surface area contributed by atoms with Gasteiger partial charge in [0.1, 0.15) is 17.5 Å². The maximum atomic E-state index is 12.5. The third kappa shape index (κ3) is 1.92. The fourth-order valence-electron chi connectivity index (χ4n) is 7.75. The lowest BCUT2D eigenvalue weighted by atomic mass is 9.45. The number of carbonyl (C=O) groups excluding carboxylic acids is 2. The summed E-state index contributed by atoms with van der Waals surface area (Å²) in [5, 5.41) is 0. The van der Waals surface area contributed by atoms with E-state index in [1.54, 1.807) is 0 Å². The maximum Gasteiger partial charge on any atom is 0.302 e. The van der Waals surface area contributed by atoms with Crippen LogP contribution in [-0.2, 0) is 19.1 Å². The molecule has 1 saturated heterocycles. The van der Waals surface area contributed by atoms with Crippen molar-refractivity contribution in [3.8, 4) is 0 Å². The van der Waals surface area contributed by atoms with Crippen LogP contribution in [0.25, 0.3) is 0 Å². The molecule has 25 heavy (non-hydrogen) atoms. The highest BCUT2D eigenvalue weighted by Gasteiger charge is 2.76. The SMILES string of the molecule is CC(=O)OC1CCC2(C)C3CCC4(C)C(=O)CCC4C3C[C@@H]3O[C@@]32C1. The molecular weight excluding hydrogens is 316 g/mol. The molecule has 0 N–H and O–H groups in total. The molecule has 138 valence electrons. The van der Waals surface area contributed by atoms with Crippen molar-refractivity contribution in [2.75, 3.05) is 0 Å². The molecular formula is C21H30O4. The summed E-state index contributed by atoms with van der Waals surface area (Å²) in [7, 11) is 0. The number of hydrogen-bond acceptors (Lipinski definition) is 4. The molecule has 4 aliphatic carbocycles. The Kier molecular flexibility index (Phi) is 3.18. The molecule has 5 aliphatic rings. The molecule has 4 nitrogen and oxygen atoms in total. The van der Waals surface area contributed by atoms with Crippen LogP contribution >= 0.6 is 0 Å². The van der Waals surface area contributed by atoms with Crippen LogP contribution < -0.4 is 0 Å². The topological polar surface area (TPSA) is 55.9 Å². The van der Waals surface area contributed by atoms with E-state index in [2.05, 4.69) is 13.8 Å². The average Bonchev–Trinajstić information content (AvgIpc) is 3.15. The van der Waals surface area contributed by atoms with Crippen LogP contribution in [0.5, 0.6) is 0 Å². The molecule has 8 atom stereocenters. The number of hydrogen-bond donors (Lipinski definition) is 0. The van der Waals surface area contributed by atoms with E-state index in [0.717, 1.165) is 51.4 Å². The molecule has 0 aromatic rings. The van der Waals surface area contributed by atoms with Gasteiger partial charge in [-0.2, -0.15) is 0 Å². The molecule has 5 rings (SSSR count). The molecule has 1 aliphatic heterocycles. The van der Waals surface area contributed by atoms with Gasteiger partial charge in [-0.1, -0.05) is 13.8 Å². The molecule has 0 aromatic carbocycles. The van der Waals surface area contributed by atoms with Gasteiger partial charge in [0.15, 0.2) is 0 Å². The molecule has 4 saturated carbocycles. The van der Waals surface area contributed by atoms with Gasteiger partial charge in [0.2, 0.25) is 0 Å². The van der Waals surface area contributed by atoms with Crippen molar-refractivity contribution in [3.05, 3.63) is 0 Å². The van der Waals surface area contributed by atoms with Gasteiger partial charge in [-0.15, -0.1) is 0 Å². The second-order valence-corrected chi connectivity index (χ2v) is 9.92. The predicted octanol–water partition coefficient (Wildman–Crippen LogP) is 3.66. The van der Waals surface area contributed by atoms with Crippen LogP contribution in [0.3, 0.4) is 0 Å². The van der Waals surface area contributed by atoms with Crippen molar-refractivity contribution in [3.63, 3.8) is 0 Å². The summed E-state index contributed by atoms with van der Waals surface area (Å²) in [6.45, 7) is 6.18. The molecule has 1 spiro atoms. The van der Waals surface area contributed by atoms with Gasteiger partial charge in [0, 0.05) is 30.6 Å². The molecule has 4 heteroatoms. The minimum absolute atomic E-state index is 0.0223. The second-order valence-electron chi connectivity index (χ2n) is 9.92. The summed E-state index contributed by atoms with van der Waals surface area (Å²) in [6, 6.07) is 0. The highest BCUT2D eigenvalue weighted by Crippen LogP contribution is 2.73. The Balaban J connectivity index is 1.44. The summed E-state index contributed by atoms with van der Waals surface area (Å²) in [5.41, 5.74) is 0.0500. The van der Waals surface area contributed by atoms with Crippen molar-refractivity contribution in [2.24, 2.45) is 28.6 Å². The Bertz CT molecular complexity index is 644. The van der Waals surface area contributed by atoms with Gasteiger partial charge in [-0.25, -0.2) is 0 Å². The third-order valence-electron chi connectivity index (χ3n) is 9.08. The van der Waals surface area contributed by atoms with Crippen LogP contribution in [0.15, 0.2) is 0 Å². The predicted molar refractivity (Wildman–Crippen MR) is 91.8 cm³/mol. The number of ether oxygens (including phenoxy) is 2. The fraction of sp³-hybridized carbons (Fsp3) is 0.905. The Labute approximate surface area is 150 Å². The van der Waals surface area contributed by atoms with Crippen LogP contribution in [0.4, 0.5) is 0 Å². The Morgan fingerprint density at radius 3 is 2.72 bits per heavy atom. The van der Waals surface area contributed by atoms with Crippen molar-refractivity contribution in [1.82, 2.24) is 0 Å². The minimum atomic E-state index is -0.172. The van der Waals surface area contributed by atoms with E-state index in [1.807, 2.05) is 0 Å². The van der Waals surface area contributed by atoms with Gasteiger partial charge in [0.05, 0.1) is 6.10 Å². The monoisotopic (exact) mass is 346 g/mol. The van der Waals surface area contributed by atoms with Gasteiger partial charge in [-0.05, 0) is 56.3 Å². The number of fused-ring (bicyclic) bond motifs is 4. The standard InChI is InChI=1S/C21H30O4/c1-12(22)24-13-6-9-20(3)16-7-8-19(2)15(4-5-17(19)23)14(16)10-18-21(20,11-13)25-18/h13-16,18H,4-11H2,1-3H3/t13?,14?,15?,16?,18-,19?,20?,21-/m0/s1. The molecule has 0 bridgehead atoms. The van der Waals surface area contributed by atoms with Crippen molar-refractivity contribution >= 4 is 11.8 Å². The zero-order valence-electron chi connectivity index (χ0n) is 15.7. The second kappa shape index (κ2) is 4.88. The smallest absolute Gasteiger partial charge is 0.302 e. The summed E-state index contributed by atoms with van der Waals surface area (Å²) in [5.74, 6) is 2.19. The zero-order chi connectivity index (χ0) is 17.6. The van der Waals surface area contributed by atoms with E-state index in [4.69, 9.17) is 9.47 Å². The summed E-state index contributed by atoms with van der Waals surface area (Å²) in [6.07, 6.45) is 8.45. The lowest BCUT2D eigenvalue weighted by Gasteiger charge is -2.58. The van der Waals surface area contributed by atoms with Gasteiger partial charge >= 0.3 is 5.97 Å². The van der Waals surface area contributed by atoms with Gasteiger partial charge in [0.25, 0.3) is 0 Å². The molecule has 0 aromatic heterocycles. The number of Topliss-reactive ketones (excluding diaryl/α,β-unsaturated/α-hetero) is 1. The van der Waals surface area contributed by atoms with E-state index in [9.17, 15) is 9.59 Å². The first kappa shape index (κ1) is 16.3. The number of ketones is 1. The Morgan fingerprint density at radius 2 is 1.96 bits per heavy atom. The van der Waals surface area contributed by atoms with Crippen LogP contribution in [-0.4, -0.2) is 29.6 Å². The number of esters is 1. The Hall–Kier alpha value is -0.900. The quantitative estimate of drug-likeness (QED) is 0.537. The number of rotatable bonds is 1. The first-order valence-electron chi connectivity index (χ1n) is 10.2. The van der Waals surface area contributed by atoms with Crippen molar-refractivity contribution in [1.29, 1.82) is 0 Å². The molecule has 5 fully saturated rings. The first-order valence-corrected chi connectivity index (χ1v) is 10.2. The van der Waals surface area contributed by atoms with Crippen LogP contribution in [0.1, 0.15) is 72.1 Å². The van der Waals surface area contributed by atoms with Crippen LogP contribution in [0.2, 0.25) is 0 Å². The lowest BCUT2D eigenvalue weighted by Crippen LogP contribution is -2.58. The maximum absolute atomic E-state index is 12.5. The van der Waals surface area contributed by atoms with Crippen LogP contribution in [0, 0.1) is 28.6 Å².